The van der Waals surface area contributed by atoms with Crippen LogP contribution in [0.25, 0.3) is 5.65 Å². The molecule has 0 aliphatic rings. The van der Waals surface area contributed by atoms with Gasteiger partial charge in [-0.3, -0.25) is 4.79 Å². The summed E-state index contributed by atoms with van der Waals surface area (Å²) in [5, 5.41) is 7.77. The fourth-order valence-electron chi connectivity index (χ4n) is 2.59. The van der Waals surface area contributed by atoms with Gasteiger partial charge < -0.3 is 10.1 Å². The van der Waals surface area contributed by atoms with Crippen LogP contribution < -0.4 is 5.32 Å². The summed E-state index contributed by atoms with van der Waals surface area (Å²) >= 11 is 11.9. The smallest absolute Gasteiger partial charge is 0.344 e. The fourth-order valence-corrected chi connectivity index (χ4v) is 2.89. The number of aryl methyl sites for hydroxylation is 1. The van der Waals surface area contributed by atoms with Gasteiger partial charge in [0.25, 0.3) is 5.91 Å². The molecule has 1 unspecified atom stereocenters. The zero-order chi connectivity index (χ0) is 19.6. The number of aromatic nitrogens is 3. The van der Waals surface area contributed by atoms with E-state index in [9.17, 15) is 9.59 Å². The average Bonchev–Trinajstić information content (AvgIpc) is 2.97. The number of amides is 1. The van der Waals surface area contributed by atoms with Gasteiger partial charge in [-0.05, 0) is 37.6 Å². The molecule has 0 saturated carbocycles. The van der Waals surface area contributed by atoms with Crippen molar-refractivity contribution in [3.05, 3.63) is 63.5 Å². The Morgan fingerprint density at radius 2 is 2.07 bits per heavy atom. The largest absolute Gasteiger partial charge is 0.452 e. The first-order valence-corrected chi connectivity index (χ1v) is 8.84. The molecule has 1 atom stereocenters. The summed E-state index contributed by atoms with van der Waals surface area (Å²) < 4.78 is 6.61. The Morgan fingerprint density at radius 3 is 2.81 bits per heavy atom. The van der Waals surface area contributed by atoms with E-state index in [4.69, 9.17) is 27.9 Å². The zero-order valence-electron chi connectivity index (χ0n) is 14.6. The van der Waals surface area contributed by atoms with E-state index in [0.717, 1.165) is 5.56 Å². The summed E-state index contributed by atoms with van der Waals surface area (Å²) in [7, 11) is 0. The highest BCUT2D eigenvalue weighted by atomic mass is 35.5. The number of carbonyl (C=O) groups excluding carboxylic acids is 2. The molecule has 0 fully saturated rings. The molecule has 2 aromatic heterocycles. The highest BCUT2D eigenvalue weighted by molar-refractivity contribution is 6.42. The minimum absolute atomic E-state index is 0.237. The van der Waals surface area contributed by atoms with E-state index in [1.54, 1.807) is 50.5 Å². The summed E-state index contributed by atoms with van der Waals surface area (Å²) in [4.78, 5) is 28.6. The van der Waals surface area contributed by atoms with Crippen molar-refractivity contribution < 1.29 is 14.3 Å². The zero-order valence-corrected chi connectivity index (χ0v) is 16.1. The molecule has 1 N–H and O–H groups in total. The number of benzene rings is 1. The summed E-state index contributed by atoms with van der Waals surface area (Å²) in [6, 6.07) is 6.47. The molecule has 0 saturated heterocycles. The van der Waals surface area contributed by atoms with Gasteiger partial charge in [0.1, 0.15) is 5.56 Å². The van der Waals surface area contributed by atoms with E-state index in [0.29, 0.717) is 21.4 Å². The SMILES string of the molecule is Cc1nn2cccnc2c1C(=O)OCC(=O)NC(C)c1ccc(Cl)c(Cl)c1. The van der Waals surface area contributed by atoms with Gasteiger partial charge in [-0.15, -0.1) is 0 Å². The Morgan fingerprint density at radius 1 is 1.30 bits per heavy atom. The van der Waals surface area contributed by atoms with E-state index in [-0.39, 0.29) is 11.6 Å². The van der Waals surface area contributed by atoms with E-state index in [1.165, 1.54) is 4.52 Å². The third kappa shape index (κ3) is 4.20. The number of carbonyl (C=O) groups is 2. The minimum Gasteiger partial charge on any atom is -0.452 e. The second-order valence-electron chi connectivity index (χ2n) is 5.89. The molecular weight excluding hydrogens is 391 g/mol. The summed E-state index contributed by atoms with van der Waals surface area (Å²) in [5.41, 5.74) is 1.88. The van der Waals surface area contributed by atoms with Crippen molar-refractivity contribution in [1.82, 2.24) is 19.9 Å². The molecule has 7 nitrogen and oxygen atoms in total. The summed E-state index contributed by atoms with van der Waals surface area (Å²) in [6.45, 7) is 3.05. The van der Waals surface area contributed by atoms with E-state index >= 15 is 0 Å². The second kappa shape index (κ2) is 7.94. The molecule has 3 aromatic rings. The van der Waals surface area contributed by atoms with Crippen LogP contribution in [0, 0.1) is 6.92 Å². The van der Waals surface area contributed by atoms with Crippen LogP contribution in [0.1, 0.15) is 34.6 Å². The minimum atomic E-state index is -0.654. The van der Waals surface area contributed by atoms with Gasteiger partial charge in [0.15, 0.2) is 12.3 Å². The standard InChI is InChI=1S/C18H16Cl2N4O3/c1-10(12-4-5-13(19)14(20)8-12)22-15(25)9-27-18(26)16-11(2)23-24-7-3-6-21-17(16)24/h3-8,10H,9H2,1-2H3,(H,22,25). The first-order valence-electron chi connectivity index (χ1n) is 8.08. The van der Waals surface area contributed by atoms with E-state index < -0.39 is 18.5 Å². The van der Waals surface area contributed by atoms with E-state index in [1.807, 2.05) is 0 Å². The maximum atomic E-state index is 12.4. The van der Waals surface area contributed by atoms with Gasteiger partial charge in [0.05, 0.1) is 21.8 Å². The number of hydrogen-bond donors (Lipinski definition) is 1. The van der Waals surface area contributed by atoms with Gasteiger partial charge in [-0.25, -0.2) is 14.3 Å². The highest BCUT2D eigenvalue weighted by Gasteiger charge is 2.21. The van der Waals surface area contributed by atoms with Gasteiger partial charge >= 0.3 is 5.97 Å². The van der Waals surface area contributed by atoms with Crippen LogP contribution in [0.2, 0.25) is 10.0 Å². The van der Waals surface area contributed by atoms with Crippen LogP contribution in [0.5, 0.6) is 0 Å². The molecule has 0 spiro atoms. The molecule has 3 rings (SSSR count). The molecule has 1 aromatic carbocycles. The van der Waals surface area contributed by atoms with Crippen molar-refractivity contribution in [2.24, 2.45) is 0 Å². The fraction of sp³-hybridized carbons (Fsp3) is 0.222. The number of ether oxygens (including phenoxy) is 1. The molecule has 27 heavy (non-hydrogen) atoms. The quantitative estimate of drug-likeness (QED) is 0.656. The van der Waals surface area contributed by atoms with Crippen molar-refractivity contribution >= 4 is 40.7 Å². The lowest BCUT2D eigenvalue weighted by atomic mass is 10.1. The molecule has 2 heterocycles. The third-order valence-corrected chi connectivity index (χ3v) is 4.67. The summed E-state index contributed by atoms with van der Waals surface area (Å²) in [5.74, 6) is -1.09. The van der Waals surface area contributed by atoms with E-state index in [2.05, 4.69) is 15.4 Å². The van der Waals surface area contributed by atoms with Gasteiger partial charge in [-0.1, -0.05) is 29.3 Å². The number of fused-ring (bicyclic) bond motifs is 1. The van der Waals surface area contributed by atoms with Crippen LogP contribution in [0.3, 0.4) is 0 Å². The predicted octanol–water partition coefficient (Wildman–Crippen LogP) is 3.38. The molecule has 0 aliphatic carbocycles. The predicted molar refractivity (Wildman–Crippen MR) is 101 cm³/mol. The van der Waals surface area contributed by atoms with Crippen molar-refractivity contribution in [2.75, 3.05) is 6.61 Å². The molecule has 140 valence electrons. The Labute approximate surface area is 165 Å². The van der Waals surface area contributed by atoms with Gasteiger partial charge in [-0.2, -0.15) is 5.10 Å². The number of rotatable bonds is 5. The van der Waals surface area contributed by atoms with Crippen LogP contribution in [-0.4, -0.2) is 33.1 Å². The molecule has 0 aliphatic heterocycles. The Bertz CT molecular complexity index is 1020. The topological polar surface area (TPSA) is 85.6 Å². The number of nitrogens with one attached hydrogen (secondary N) is 1. The van der Waals surface area contributed by atoms with Crippen molar-refractivity contribution in [2.45, 2.75) is 19.9 Å². The maximum Gasteiger partial charge on any atom is 0.344 e. The number of hydrogen-bond acceptors (Lipinski definition) is 5. The monoisotopic (exact) mass is 406 g/mol. The molecule has 1 amide bonds. The van der Waals surface area contributed by atoms with Crippen molar-refractivity contribution in [1.29, 1.82) is 0 Å². The Hall–Kier alpha value is -2.64. The van der Waals surface area contributed by atoms with Crippen molar-refractivity contribution in [3.63, 3.8) is 0 Å². The lowest BCUT2D eigenvalue weighted by Gasteiger charge is -2.15. The van der Waals surface area contributed by atoms with Crippen LogP contribution in [-0.2, 0) is 9.53 Å². The average molecular weight is 407 g/mol. The lowest BCUT2D eigenvalue weighted by Crippen LogP contribution is -2.31. The molecule has 0 radical (unpaired) electrons. The first-order chi connectivity index (χ1) is 12.9. The molecule has 9 heteroatoms. The Balaban J connectivity index is 1.62. The normalized spacial score (nSPS) is 12.0. The van der Waals surface area contributed by atoms with Crippen LogP contribution in [0.15, 0.2) is 36.7 Å². The number of nitrogens with zero attached hydrogens (tertiary/aromatic N) is 3. The van der Waals surface area contributed by atoms with Crippen LogP contribution in [0.4, 0.5) is 0 Å². The highest BCUT2D eigenvalue weighted by Crippen LogP contribution is 2.25. The molecule has 0 bridgehead atoms. The maximum absolute atomic E-state index is 12.4. The van der Waals surface area contributed by atoms with Gasteiger partial charge in [0, 0.05) is 12.4 Å². The lowest BCUT2D eigenvalue weighted by molar-refractivity contribution is -0.124. The summed E-state index contributed by atoms with van der Waals surface area (Å²) in [6.07, 6.45) is 3.23. The second-order valence-corrected chi connectivity index (χ2v) is 6.70. The molecular formula is C18H16Cl2N4O3. The van der Waals surface area contributed by atoms with Crippen molar-refractivity contribution in [3.8, 4) is 0 Å². The Kier molecular flexibility index (Phi) is 5.62. The van der Waals surface area contributed by atoms with Gasteiger partial charge in [0.2, 0.25) is 0 Å². The van der Waals surface area contributed by atoms with Crippen LogP contribution >= 0.6 is 23.2 Å². The number of esters is 1. The first kappa shape index (κ1) is 19.1. The third-order valence-electron chi connectivity index (χ3n) is 3.93. The number of halogens is 2.